The number of hydrogen-bond donors (Lipinski definition) is 1. The van der Waals surface area contributed by atoms with Gasteiger partial charge in [-0.25, -0.2) is 0 Å². The largest absolute Gasteiger partial charge is 0.326 e. The normalized spacial score (nSPS) is 13.5. The fraction of sp³-hybridized carbons (Fsp3) is 0.125. The lowest BCUT2D eigenvalue weighted by Crippen LogP contribution is -2.19. The summed E-state index contributed by atoms with van der Waals surface area (Å²) < 4.78 is 1.70. The van der Waals surface area contributed by atoms with Crippen molar-refractivity contribution >= 4 is 49.2 Å². The molecule has 5 heteroatoms. The quantitative estimate of drug-likeness (QED) is 0.751. The van der Waals surface area contributed by atoms with Crippen LogP contribution >= 0.6 is 31.9 Å². The number of benzene rings is 2. The molecule has 3 rings (SSSR count). The number of aryl methyl sites for hydroxylation is 1. The Morgan fingerprint density at radius 1 is 0.952 bits per heavy atom. The predicted octanol–water partition coefficient (Wildman–Crippen LogP) is 4.33. The van der Waals surface area contributed by atoms with Gasteiger partial charge in [0.1, 0.15) is 0 Å². The molecule has 0 radical (unpaired) electrons. The Balaban J connectivity index is 1.97. The summed E-state index contributed by atoms with van der Waals surface area (Å²) in [6.07, 6.45) is 1.14. The predicted molar refractivity (Wildman–Crippen MR) is 88.7 cm³/mol. The average molecular weight is 409 g/mol. The molecule has 1 aliphatic heterocycles. The van der Waals surface area contributed by atoms with Crippen molar-refractivity contribution in [1.29, 1.82) is 0 Å². The fourth-order valence-electron chi connectivity index (χ4n) is 2.38. The van der Waals surface area contributed by atoms with E-state index < -0.39 is 0 Å². The van der Waals surface area contributed by atoms with Gasteiger partial charge in [-0.1, -0.05) is 31.9 Å². The zero-order chi connectivity index (χ0) is 15.0. The minimum absolute atomic E-state index is 0.0255. The van der Waals surface area contributed by atoms with Crippen LogP contribution in [0.2, 0.25) is 0 Å². The van der Waals surface area contributed by atoms with E-state index in [0.717, 1.165) is 20.2 Å². The number of carbonyl (C=O) groups excluding carboxylic acids is 2. The molecule has 0 aliphatic carbocycles. The number of carbonyl (C=O) groups is 2. The maximum atomic E-state index is 12.6. The molecular weight excluding hydrogens is 398 g/mol. The van der Waals surface area contributed by atoms with E-state index in [1.165, 1.54) is 0 Å². The monoisotopic (exact) mass is 407 g/mol. The molecule has 2 aromatic rings. The van der Waals surface area contributed by atoms with Crippen molar-refractivity contribution in [1.82, 2.24) is 0 Å². The third-order valence-corrected chi connectivity index (χ3v) is 4.30. The number of halogens is 2. The molecule has 0 saturated heterocycles. The van der Waals surface area contributed by atoms with Crippen LogP contribution in [-0.2, 0) is 11.2 Å². The number of amides is 1. The summed E-state index contributed by atoms with van der Waals surface area (Å²) in [7, 11) is 0. The van der Waals surface area contributed by atoms with Crippen LogP contribution in [0.5, 0.6) is 0 Å². The van der Waals surface area contributed by atoms with Crippen LogP contribution in [0.3, 0.4) is 0 Å². The molecule has 1 amide bonds. The van der Waals surface area contributed by atoms with Crippen molar-refractivity contribution in [2.75, 3.05) is 5.32 Å². The molecule has 3 nitrogen and oxygen atoms in total. The average Bonchev–Trinajstić information content (AvgIpc) is 2.45. The zero-order valence-electron chi connectivity index (χ0n) is 11.0. The summed E-state index contributed by atoms with van der Waals surface area (Å²) in [5.41, 5.74) is 3.07. The van der Waals surface area contributed by atoms with Crippen LogP contribution in [0.25, 0.3) is 0 Å². The van der Waals surface area contributed by atoms with E-state index in [1.54, 1.807) is 24.3 Å². The Bertz CT molecular complexity index is 736. The van der Waals surface area contributed by atoms with Crippen LogP contribution in [0.4, 0.5) is 5.69 Å². The molecule has 0 fully saturated rings. The summed E-state index contributed by atoms with van der Waals surface area (Å²) in [5, 5.41) is 2.82. The van der Waals surface area contributed by atoms with E-state index in [1.807, 2.05) is 12.1 Å². The minimum atomic E-state index is -0.0308. The summed E-state index contributed by atoms with van der Waals surface area (Å²) in [4.78, 5) is 23.9. The Labute approximate surface area is 139 Å². The van der Waals surface area contributed by atoms with Gasteiger partial charge in [0.05, 0.1) is 0 Å². The first-order valence-corrected chi connectivity index (χ1v) is 8.05. The highest BCUT2D eigenvalue weighted by Crippen LogP contribution is 2.26. The van der Waals surface area contributed by atoms with Gasteiger partial charge in [0, 0.05) is 32.2 Å². The molecule has 0 unspecified atom stereocenters. The molecule has 1 aliphatic rings. The smallest absolute Gasteiger partial charge is 0.224 e. The molecule has 1 N–H and O–H groups in total. The molecule has 0 atom stereocenters. The maximum Gasteiger partial charge on any atom is 0.224 e. The topological polar surface area (TPSA) is 46.2 Å². The molecule has 1 heterocycles. The molecule has 0 aromatic heterocycles. The first-order valence-electron chi connectivity index (χ1n) is 6.46. The van der Waals surface area contributed by atoms with E-state index in [9.17, 15) is 9.59 Å². The minimum Gasteiger partial charge on any atom is -0.326 e. The van der Waals surface area contributed by atoms with E-state index in [0.29, 0.717) is 24.0 Å². The number of anilines is 1. The molecule has 0 spiro atoms. The molecule has 2 aromatic carbocycles. The molecular formula is C16H11Br2NO2. The molecule has 0 saturated carbocycles. The highest BCUT2D eigenvalue weighted by atomic mass is 79.9. The van der Waals surface area contributed by atoms with Crippen molar-refractivity contribution in [3.8, 4) is 0 Å². The Kier molecular flexibility index (Phi) is 3.95. The maximum absolute atomic E-state index is 12.6. The van der Waals surface area contributed by atoms with Crippen LogP contribution in [0, 0.1) is 0 Å². The second kappa shape index (κ2) is 5.73. The standard InChI is InChI=1S/C16H11Br2NO2/c17-12-6-11(7-13(18)8-12)16(21)10-1-3-14-9(5-10)2-4-15(20)19-14/h1,3,5-8H,2,4H2,(H,19,20). The van der Waals surface area contributed by atoms with Crippen LogP contribution in [0.1, 0.15) is 27.9 Å². The second-order valence-electron chi connectivity index (χ2n) is 4.91. The first kappa shape index (κ1) is 14.5. The summed E-state index contributed by atoms with van der Waals surface area (Å²) in [6.45, 7) is 0. The van der Waals surface area contributed by atoms with Crippen molar-refractivity contribution in [2.45, 2.75) is 12.8 Å². The highest BCUT2D eigenvalue weighted by Gasteiger charge is 2.17. The van der Waals surface area contributed by atoms with Crippen LogP contribution < -0.4 is 5.32 Å². The molecule has 106 valence electrons. The van der Waals surface area contributed by atoms with E-state index in [4.69, 9.17) is 0 Å². The Morgan fingerprint density at radius 3 is 2.38 bits per heavy atom. The Morgan fingerprint density at radius 2 is 1.67 bits per heavy atom. The lowest BCUT2D eigenvalue weighted by atomic mass is 9.96. The van der Waals surface area contributed by atoms with Gasteiger partial charge in [-0.2, -0.15) is 0 Å². The fourth-order valence-corrected chi connectivity index (χ4v) is 3.67. The number of ketones is 1. The van der Waals surface area contributed by atoms with Crippen LogP contribution in [0.15, 0.2) is 45.3 Å². The lowest BCUT2D eigenvalue weighted by Gasteiger charge is -2.17. The number of nitrogens with one attached hydrogen (secondary N) is 1. The van der Waals surface area contributed by atoms with Gasteiger partial charge in [-0.3, -0.25) is 9.59 Å². The third kappa shape index (κ3) is 3.09. The van der Waals surface area contributed by atoms with Crippen molar-refractivity contribution in [3.63, 3.8) is 0 Å². The first-order chi connectivity index (χ1) is 10.0. The van der Waals surface area contributed by atoms with Crippen molar-refractivity contribution in [2.24, 2.45) is 0 Å². The van der Waals surface area contributed by atoms with Gasteiger partial charge in [0.2, 0.25) is 5.91 Å². The number of fused-ring (bicyclic) bond motifs is 1. The number of hydrogen-bond acceptors (Lipinski definition) is 2. The van der Waals surface area contributed by atoms with E-state index >= 15 is 0 Å². The van der Waals surface area contributed by atoms with Gasteiger partial charge >= 0.3 is 0 Å². The van der Waals surface area contributed by atoms with Gasteiger partial charge in [0.25, 0.3) is 0 Å². The van der Waals surface area contributed by atoms with Gasteiger partial charge in [0.15, 0.2) is 5.78 Å². The highest BCUT2D eigenvalue weighted by molar-refractivity contribution is 9.11. The van der Waals surface area contributed by atoms with Crippen molar-refractivity contribution < 1.29 is 9.59 Å². The second-order valence-corrected chi connectivity index (χ2v) is 6.74. The molecule has 0 bridgehead atoms. The number of rotatable bonds is 2. The summed E-state index contributed by atoms with van der Waals surface area (Å²) in [6, 6.07) is 10.9. The van der Waals surface area contributed by atoms with E-state index in [2.05, 4.69) is 37.2 Å². The SMILES string of the molecule is O=C1CCc2cc(C(=O)c3cc(Br)cc(Br)c3)ccc2N1. The Hall–Kier alpha value is -1.46. The van der Waals surface area contributed by atoms with Crippen molar-refractivity contribution in [3.05, 3.63) is 62.0 Å². The van der Waals surface area contributed by atoms with Gasteiger partial charge < -0.3 is 5.32 Å². The summed E-state index contributed by atoms with van der Waals surface area (Å²) >= 11 is 6.78. The van der Waals surface area contributed by atoms with Crippen LogP contribution in [-0.4, -0.2) is 11.7 Å². The van der Waals surface area contributed by atoms with Gasteiger partial charge in [-0.05, 0) is 48.4 Å². The lowest BCUT2D eigenvalue weighted by molar-refractivity contribution is -0.116. The molecule has 21 heavy (non-hydrogen) atoms. The van der Waals surface area contributed by atoms with Gasteiger partial charge in [-0.15, -0.1) is 0 Å². The zero-order valence-corrected chi connectivity index (χ0v) is 14.1. The summed E-state index contributed by atoms with van der Waals surface area (Å²) in [5.74, 6) is -0.00537. The third-order valence-electron chi connectivity index (χ3n) is 3.39. The van der Waals surface area contributed by atoms with E-state index in [-0.39, 0.29) is 11.7 Å².